The summed E-state index contributed by atoms with van der Waals surface area (Å²) in [4.78, 5) is 33.9. The number of aromatic nitrogens is 4. The second kappa shape index (κ2) is 19.8. The van der Waals surface area contributed by atoms with Crippen LogP contribution in [0, 0.1) is 30.6 Å². The molecule has 0 aliphatic carbocycles. The number of fused-ring (bicyclic) bond motifs is 6. The molecule has 0 fully saturated rings. The summed E-state index contributed by atoms with van der Waals surface area (Å²) < 4.78 is 0. The first kappa shape index (κ1) is 40.3. The van der Waals surface area contributed by atoms with Gasteiger partial charge in [0.15, 0.2) is 0 Å². The molecule has 41 heavy (non-hydrogen) atoms. The number of hydrogen-bond acceptors (Lipinski definition) is 10. The molecule has 4 heterocycles. The van der Waals surface area contributed by atoms with Crippen LogP contribution in [0.3, 0.4) is 0 Å². The molecule has 4 aromatic heterocycles. The van der Waals surface area contributed by atoms with Gasteiger partial charge in [0.05, 0.1) is 32.2 Å². The van der Waals surface area contributed by atoms with Gasteiger partial charge >= 0.3 is 16.8 Å². The third-order valence-corrected chi connectivity index (χ3v) is 4.69. The van der Waals surface area contributed by atoms with Crippen molar-refractivity contribution >= 4 is 43.6 Å². The van der Waals surface area contributed by atoms with Gasteiger partial charge in [0.1, 0.15) is 0 Å². The summed E-state index contributed by atoms with van der Waals surface area (Å²) in [7, 11) is 0. The van der Waals surface area contributed by atoms with Gasteiger partial charge in [-0.05, 0) is 24.3 Å². The SMILES string of the molecule is O.O.O.O.O=[N+]([O-])[O-].O=[N+]([O-])[O-].[Co+2].c1cnc2c(c1)ccc1cccnc12.c1cnc2c(c1)ccc1cccnc12. The first-order valence-electron chi connectivity index (χ1n) is 10.2. The maximum atomic E-state index is 8.25. The molecule has 17 heteroatoms. The molecule has 0 aliphatic heterocycles. The molecule has 219 valence electrons. The second-order valence-electron chi connectivity index (χ2n) is 6.88. The van der Waals surface area contributed by atoms with Crippen LogP contribution in [-0.4, -0.2) is 52.0 Å². The zero-order chi connectivity index (χ0) is 25.9. The van der Waals surface area contributed by atoms with Crippen LogP contribution in [0.4, 0.5) is 0 Å². The van der Waals surface area contributed by atoms with E-state index in [4.69, 9.17) is 30.6 Å². The Kier molecular flexibility index (Phi) is 19.5. The fourth-order valence-electron chi connectivity index (χ4n) is 3.36. The Morgan fingerprint density at radius 2 is 0.585 bits per heavy atom. The zero-order valence-corrected chi connectivity index (χ0v) is 21.7. The predicted molar refractivity (Wildman–Crippen MR) is 149 cm³/mol. The van der Waals surface area contributed by atoms with Gasteiger partial charge in [-0.15, -0.1) is 0 Å². The van der Waals surface area contributed by atoms with Crippen molar-refractivity contribution < 1.29 is 48.9 Å². The van der Waals surface area contributed by atoms with E-state index < -0.39 is 10.2 Å². The van der Waals surface area contributed by atoms with E-state index in [9.17, 15) is 0 Å². The van der Waals surface area contributed by atoms with Gasteiger partial charge in [-0.2, -0.15) is 0 Å². The summed E-state index contributed by atoms with van der Waals surface area (Å²) in [6.45, 7) is 0. The predicted octanol–water partition coefficient (Wildman–Crippen LogP) is 1.79. The third kappa shape index (κ3) is 11.6. The van der Waals surface area contributed by atoms with Gasteiger partial charge in [0.25, 0.3) is 0 Å². The molecule has 0 bridgehead atoms. The quantitative estimate of drug-likeness (QED) is 0.135. The number of benzene rings is 2. The van der Waals surface area contributed by atoms with Crippen molar-refractivity contribution in [2.24, 2.45) is 0 Å². The first-order valence-corrected chi connectivity index (χ1v) is 10.2. The van der Waals surface area contributed by atoms with Gasteiger partial charge in [0, 0.05) is 46.3 Å². The minimum Gasteiger partial charge on any atom is -0.412 e. The average Bonchev–Trinajstić information content (AvgIpc) is 2.88. The summed E-state index contributed by atoms with van der Waals surface area (Å²) in [5.74, 6) is 0. The van der Waals surface area contributed by atoms with Crippen molar-refractivity contribution in [2.45, 2.75) is 0 Å². The summed E-state index contributed by atoms with van der Waals surface area (Å²) in [6.07, 6.45) is 7.21. The van der Waals surface area contributed by atoms with E-state index in [0.717, 1.165) is 43.6 Å². The fourth-order valence-corrected chi connectivity index (χ4v) is 3.36. The van der Waals surface area contributed by atoms with Crippen LogP contribution in [0.5, 0.6) is 0 Å². The molecular weight excluding hydrogens is 591 g/mol. The Morgan fingerprint density at radius 1 is 0.415 bits per heavy atom. The van der Waals surface area contributed by atoms with Crippen LogP contribution in [-0.2, 0) is 16.8 Å². The van der Waals surface area contributed by atoms with Crippen molar-refractivity contribution in [3.05, 3.63) is 128 Å². The van der Waals surface area contributed by atoms with Gasteiger partial charge in [-0.1, -0.05) is 48.5 Å². The van der Waals surface area contributed by atoms with Gasteiger partial charge < -0.3 is 52.5 Å². The largest absolute Gasteiger partial charge is 2.00 e. The van der Waals surface area contributed by atoms with E-state index in [1.54, 1.807) is 24.8 Å². The number of nitrogens with zero attached hydrogens (tertiary/aromatic N) is 6. The fraction of sp³-hybridized carbons (Fsp3) is 0. The molecule has 0 amide bonds. The van der Waals surface area contributed by atoms with Crippen molar-refractivity contribution in [2.75, 3.05) is 0 Å². The maximum Gasteiger partial charge on any atom is 2.00 e. The van der Waals surface area contributed by atoms with Crippen LogP contribution < -0.4 is 0 Å². The van der Waals surface area contributed by atoms with Crippen molar-refractivity contribution in [3.8, 4) is 0 Å². The van der Waals surface area contributed by atoms with E-state index >= 15 is 0 Å². The molecule has 16 nitrogen and oxygen atoms in total. The molecule has 0 spiro atoms. The van der Waals surface area contributed by atoms with E-state index in [2.05, 4.69) is 68.5 Å². The standard InChI is InChI=1S/2C12H8N2.Co.2NO3.4H2O/c2*1-3-9-5-6-10-4-2-8-14-12(10)11(9)13-7-1;;2*2-1(3)4;;;;/h2*1-8H;;;;4*1H2/q;;+2;2*-1;;;;. The molecule has 0 saturated heterocycles. The monoisotopic (exact) mass is 615 g/mol. The summed E-state index contributed by atoms with van der Waals surface area (Å²) in [5.41, 5.74) is 3.91. The van der Waals surface area contributed by atoms with Gasteiger partial charge in [-0.3, -0.25) is 19.9 Å². The van der Waals surface area contributed by atoms with Crippen LogP contribution in [0.1, 0.15) is 0 Å². The molecule has 6 aromatic rings. The summed E-state index contributed by atoms with van der Waals surface area (Å²) in [5, 5.41) is 34.1. The molecule has 0 saturated carbocycles. The Balaban J connectivity index is -0.000000512. The summed E-state index contributed by atoms with van der Waals surface area (Å²) in [6, 6.07) is 24.3. The number of rotatable bonds is 0. The zero-order valence-electron chi connectivity index (χ0n) is 20.7. The maximum absolute atomic E-state index is 8.25. The normalized spacial score (nSPS) is 8.59. The molecule has 8 N–H and O–H groups in total. The van der Waals surface area contributed by atoms with Crippen LogP contribution >= 0.6 is 0 Å². The topological polar surface area (TPSA) is 310 Å². The summed E-state index contributed by atoms with van der Waals surface area (Å²) >= 11 is 0. The second-order valence-corrected chi connectivity index (χ2v) is 6.88. The Hall–Kier alpha value is -5.17. The Bertz CT molecular complexity index is 1420. The van der Waals surface area contributed by atoms with Gasteiger partial charge in [-0.25, -0.2) is 0 Å². The molecule has 0 atom stereocenters. The third-order valence-electron chi connectivity index (χ3n) is 4.69. The molecule has 2 aromatic carbocycles. The minimum absolute atomic E-state index is 0. The molecule has 0 unspecified atom stereocenters. The van der Waals surface area contributed by atoms with E-state index in [0.29, 0.717) is 0 Å². The van der Waals surface area contributed by atoms with Crippen molar-refractivity contribution in [1.82, 2.24) is 19.9 Å². The molecule has 0 aliphatic rings. The molecule has 1 radical (unpaired) electrons. The van der Waals surface area contributed by atoms with Gasteiger partial charge in [0.2, 0.25) is 0 Å². The molecular formula is C24H24CoN6O10. The number of pyridine rings is 4. The van der Waals surface area contributed by atoms with Crippen LogP contribution in [0.25, 0.3) is 43.6 Å². The van der Waals surface area contributed by atoms with Crippen molar-refractivity contribution in [3.63, 3.8) is 0 Å². The Morgan fingerprint density at radius 3 is 0.756 bits per heavy atom. The number of hydrogen-bond donors (Lipinski definition) is 0. The van der Waals surface area contributed by atoms with Crippen LogP contribution in [0.2, 0.25) is 0 Å². The van der Waals surface area contributed by atoms with E-state index in [-0.39, 0.29) is 38.7 Å². The average molecular weight is 615 g/mol. The van der Waals surface area contributed by atoms with E-state index in [1.165, 1.54) is 0 Å². The van der Waals surface area contributed by atoms with Crippen LogP contribution in [0.15, 0.2) is 97.6 Å². The smallest absolute Gasteiger partial charge is 0.412 e. The minimum atomic E-state index is -1.75. The first-order chi connectivity index (χ1) is 17.4. The molecule has 6 rings (SSSR count). The van der Waals surface area contributed by atoms with E-state index in [1.807, 2.05) is 24.3 Å². The Labute approximate surface area is 240 Å². The van der Waals surface area contributed by atoms with Crippen molar-refractivity contribution in [1.29, 1.82) is 0 Å².